The number of rotatable bonds is 6. The highest BCUT2D eigenvalue weighted by Crippen LogP contribution is 2.17. The van der Waals surface area contributed by atoms with Gasteiger partial charge in [-0.2, -0.15) is 5.10 Å². The molecule has 1 aromatic rings. The number of carbonyl (C=O) groups is 1. The van der Waals surface area contributed by atoms with E-state index in [0.29, 0.717) is 31.2 Å². The fourth-order valence-corrected chi connectivity index (χ4v) is 3.09. The van der Waals surface area contributed by atoms with E-state index in [1.54, 1.807) is 0 Å². The van der Waals surface area contributed by atoms with Crippen LogP contribution in [0.2, 0.25) is 0 Å². The molecule has 6 heteroatoms. The maximum Gasteiger partial charge on any atom is 0.272 e. The quantitative estimate of drug-likeness (QED) is 0.863. The Hall–Kier alpha value is -1.40. The number of amides is 1. The molecule has 1 aliphatic rings. The van der Waals surface area contributed by atoms with Crippen LogP contribution in [0.3, 0.4) is 0 Å². The van der Waals surface area contributed by atoms with Gasteiger partial charge in [-0.25, -0.2) is 0 Å². The van der Waals surface area contributed by atoms with E-state index in [-0.39, 0.29) is 18.6 Å². The molecular formula is C17H30N4O2. The zero-order chi connectivity index (χ0) is 17.0. The Morgan fingerprint density at radius 2 is 1.91 bits per heavy atom. The number of aliphatic hydroxyl groups excluding tert-OH is 1. The van der Waals surface area contributed by atoms with Crippen LogP contribution >= 0.6 is 0 Å². The average Bonchev–Trinajstić information content (AvgIpc) is 3.00. The Labute approximate surface area is 139 Å². The molecule has 1 N–H and O–H groups in total. The lowest BCUT2D eigenvalue weighted by molar-refractivity contribution is 0.0463. The predicted molar refractivity (Wildman–Crippen MR) is 90.6 cm³/mol. The lowest BCUT2D eigenvalue weighted by atomic mass is 10.1. The van der Waals surface area contributed by atoms with Crippen molar-refractivity contribution >= 4 is 5.91 Å². The Bertz CT molecular complexity index is 515. The first-order valence-corrected chi connectivity index (χ1v) is 8.73. The van der Waals surface area contributed by atoms with E-state index < -0.39 is 0 Å². The van der Waals surface area contributed by atoms with E-state index in [2.05, 4.69) is 30.8 Å². The lowest BCUT2D eigenvalue weighted by Crippen LogP contribution is -2.53. The maximum atomic E-state index is 12.8. The lowest BCUT2D eigenvalue weighted by Gasteiger charge is -2.38. The summed E-state index contributed by atoms with van der Waals surface area (Å²) in [7, 11) is 0. The molecule has 23 heavy (non-hydrogen) atoms. The standard InChI is InChI=1S/C17H30N4O2/c1-5-14(12-22)19-7-9-20(10-8-19)17(23)16-11-15(13(3)4)18-21(16)6-2/h11,13-14,22H,5-10,12H2,1-4H3. The van der Waals surface area contributed by atoms with E-state index in [1.165, 1.54) is 0 Å². The summed E-state index contributed by atoms with van der Waals surface area (Å²) >= 11 is 0. The van der Waals surface area contributed by atoms with Gasteiger partial charge in [0.2, 0.25) is 0 Å². The Kier molecular flexibility index (Phi) is 6.18. The molecule has 0 saturated carbocycles. The normalized spacial score (nSPS) is 17.7. The van der Waals surface area contributed by atoms with Gasteiger partial charge in [0.25, 0.3) is 5.91 Å². The van der Waals surface area contributed by atoms with Gasteiger partial charge in [0, 0.05) is 38.8 Å². The van der Waals surface area contributed by atoms with Crippen molar-refractivity contribution < 1.29 is 9.90 Å². The second-order valence-electron chi connectivity index (χ2n) is 6.50. The van der Waals surface area contributed by atoms with Gasteiger partial charge in [0.05, 0.1) is 12.3 Å². The first-order valence-electron chi connectivity index (χ1n) is 8.73. The summed E-state index contributed by atoms with van der Waals surface area (Å²) in [5.41, 5.74) is 1.67. The molecule has 1 unspecified atom stereocenters. The van der Waals surface area contributed by atoms with Gasteiger partial charge in [-0.3, -0.25) is 14.4 Å². The third-order valence-corrected chi connectivity index (χ3v) is 4.71. The van der Waals surface area contributed by atoms with Crippen LogP contribution in [0.1, 0.15) is 56.2 Å². The zero-order valence-corrected chi connectivity index (χ0v) is 14.8. The van der Waals surface area contributed by atoms with Crippen molar-refractivity contribution in [3.63, 3.8) is 0 Å². The van der Waals surface area contributed by atoms with Crippen LogP contribution < -0.4 is 0 Å². The molecule has 1 atom stereocenters. The number of piperazine rings is 1. The highest BCUT2D eigenvalue weighted by Gasteiger charge is 2.27. The molecule has 0 spiro atoms. The minimum Gasteiger partial charge on any atom is -0.395 e. The number of aryl methyl sites for hydroxylation is 1. The Balaban J connectivity index is 2.05. The van der Waals surface area contributed by atoms with Crippen molar-refractivity contribution in [3.05, 3.63) is 17.5 Å². The van der Waals surface area contributed by atoms with Crippen molar-refractivity contribution in [1.29, 1.82) is 0 Å². The molecular weight excluding hydrogens is 292 g/mol. The van der Waals surface area contributed by atoms with Crippen LogP contribution in [0.25, 0.3) is 0 Å². The summed E-state index contributed by atoms with van der Waals surface area (Å²) in [6.45, 7) is 12.2. The first-order chi connectivity index (χ1) is 11.0. The number of carbonyl (C=O) groups excluding carboxylic acids is 1. The van der Waals surface area contributed by atoms with Crippen LogP contribution in [-0.4, -0.2) is 69.4 Å². The van der Waals surface area contributed by atoms with E-state index in [4.69, 9.17) is 0 Å². The highest BCUT2D eigenvalue weighted by atomic mass is 16.3. The molecule has 1 amide bonds. The number of aliphatic hydroxyl groups is 1. The topological polar surface area (TPSA) is 61.6 Å². The number of hydrogen-bond donors (Lipinski definition) is 1. The molecule has 6 nitrogen and oxygen atoms in total. The van der Waals surface area contributed by atoms with Crippen LogP contribution in [0.5, 0.6) is 0 Å². The molecule has 2 rings (SSSR count). The Morgan fingerprint density at radius 3 is 2.39 bits per heavy atom. The number of nitrogens with zero attached hydrogens (tertiary/aromatic N) is 4. The van der Waals surface area contributed by atoms with Crippen molar-refractivity contribution in [2.24, 2.45) is 0 Å². The van der Waals surface area contributed by atoms with E-state index in [1.807, 2.05) is 22.6 Å². The molecule has 0 radical (unpaired) electrons. The fraction of sp³-hybridized carbons (Fsp3) is 0.765. The smallest absolute Gasteiger partial charge is 0.272 e. The second kappa shape index (κ2) is 7.93. The molecule has 1 aliphatic heterocycles. The van der Waals surface area contributed by atoms with E-state index in [9.17, 15) is 9.90 Å². The second-order valence-corrected chi connectivity index (χ2v) is 6.50. The van der Waals surface area contributed by atoms with Crippen molar-refractivity contribution in [3.8, 4) is 0 Å². The van der Waals surface area contributed by atoms with Crippen LogP contribution in [-0.2, 0) is 6.54 Å². The fourth-order valence-electron chi connectivity index (χ4n) is 3.09. The van der Waals surface area contributed by atoms with E-state index in [0.717, 1.165) is 25.2 Å². The van der Waals surface area contributed by atoms with Gasteiger partial charge in [0.1, 0.15) is 5.69 Å². The molecule has 0 aromatic carbocycles. The molecule has 0 aliphatic carbocycles. The van der Waals surface area contributed by atoms with Gasteiger partial charge >= 0.3 is 0 Å². The molecule has 0 bridgehead atoms. The highest BCUT2D eigenvalue weighted by molar-refractivity contribution is 5.92. The van der Waals surface area contributed by atoms with Gasteiger partial charge in [-0.15, -0.1) is 0 Å². The number of hydrogen-bond acceptors (Lipinski definition) is 4. The molecule has 130 valence electrons. The zero-order valence-electron chi connectivity index (χ0n) is 14.8. The average molecular weight is 322 g/mol. The largest absolute Gasteiger partial charge is 0.395 e. The SMILES string of the molecule is CCC(CO)N1CCN(C(=O)c2cc(C(C)C)nn2CC)CC1. The van der Waals surface area contributed by atoms with Gasteiger partial charge in [0.15, 0.2) is 0 Å². The minimum atomic E-state index is 0.0722. The summed E-state index contributed by atoms with van der Waals surface area (Å²) in [5, 5.41) is 14.0. The molecule has 1 fully saturated rings. The van der Waals surface area contributed by atoms with E-state index >= 15 is 0 Å². The van der Waals surface area contributed by atoms with Crippen molar-refractivity contribution in [2.45, 2.75) is 52.6 Å². The Morgan fingerprint density at radius 1 is 1.26 bits per heavy atom. The third kappa shape index (κ3) is 3.93. The number of aromatic nitrogens is 2. The summed E-state index contributed by atoms with van der Waals surface area (Å²) in [4.78, 5) is 17.0. The van der Waals surface area contributed by atoms with Crippen molar-refractivity contribution in [2.75, 3.05) is 32.8 Å². The first kappa shape index (κ1) is 17.9. The monoisotopic (exact) mass is 322 g/mol. The summed E-state index contributed by atoms with van der Waals surface area (Å²) in [5.74, 6) is 0.393. The van der Waals surface area contributed by atoms with Gasteiger partial charge in [-0.05, 0) is 25.3 Å². The van der Waals surface area contributed by atoms with Gasteiger partial charge in [-0.1, -0.05) is 20.8 Å². The predicted octanol–water partition coefficient (Wildman–Crippen LogP) is 1.56. The molecule has 1 saturated heterocycles. The molecule has 2 heterocycles. The minimum absolute atomic E-state index is 0.0722. The maximum absolute atomic E-state index is 12.8. The van der Waals surface area contributed by atoms with Crippen LogP contribution in [0, 0.1) is 0 Å². The van der Waals surface area contributed by atoms with Gasteiger partial charge < -0.3 is 10.0 Å². The van der Waals surface area contributed by atoms with Crippen molar-refractivity contribution in [1.82, 2.24) is 19.6 Å². The summed E-state index contributed by atoms with van der Waals surface area (Å²) in [6.07, 6.45) is 0.935. The molecule has 1 aromatic heterocycles. The summed E-state index contributed by atoms with van der Waals surface area (Å²) < 4.78 is 1.81. The third-order valence-electron chi connectivity index (χ3n) is 4.71. The van der Waals surface area contributed by atoms with Crippen LogP contribution in [0.15, 0.2) is 6.07 Å². The summed E-state index contributed by atoms with van der Waals surface area (Å²) in [6, 6.07) is 2.15. The van der Waals surface area contributed by atoms with Crippen LogP contribution in [0.4, 0.5) is 0 Å².